The van der Waals surface area contributed by atoms with Gasteiger partial charge in [0.25, 0.3) is 0 Å². The zero-order valence-electron chi connectivity index (χ0n) is 13.2. The molecule has 1 atom stereocenters. The van der Waals surface area contributed by atoms with Gasteiger partial charge in [-0.1, -0.05) is 30.3 Å². The highest BCUT2D eigenvalue weighted by molar-refractivity contribution is 7.99. The number of para-hydroxylation sites is 1. The number of carbonyl (C=O) groups excluding carboxylic acids is 1. The predicted octanol–water partition coefficient (Wildman–Crippen LogP) is 4.58. The third-order valence-electron chi connectivity index (χ3n) is 4.20. The lowest BCUT2D eigenvalue weighted by atomic mass is 10.0. The van der Waals surface area contributed by atoms with E-state index in [1.807, 2.05) is 36.0 Å². The molecule has 5 heteroatoms. The first-order valence-corrected chi connectivity index (χ1v) is 9.95. The quantitative estimate of drug-likeness (QED) is 0.745. The zero-order chi connectivity index (χ0) is 16.4. The highest BCUT2D eigenvalue weighted by Crippen LogP contribution is 2.35. The predicted molar refractivity (Wildman–Crippen MR) is 101 cm³/mol. The van der Waals surface area contributed by atoms with E-state index in [9.17, 15) is 4.79 Å². The van der Waals surface area contributed by atoms with E-state index >= 15 is 0 Å². The van der Waals surface area contributed by atoms with Gasteiger partial charge < -0.3 is 5.32 Å². The van der Waals surface area contributed by atoms with Crippen molar-refractivity contribution < 1.29 is 4.79 Å². The Balaban J connectivity index is 1.39. The molecule has 0 spiro atoms. The molecule has 122 valence electrons. The van der Waals surface area contributed by atoms with Gasteiger partial charge in [-0.3, -0.25) is 4.79 Å². The first-order valence-electron chi connectivity index (χ1n) is 8.15. The third kappa shape index (κ3) is 3.32. The van der Waals surface area contributed by atoms with Crippen molar-refractivity contribution in [1.29, 1.82) is 0 Å². The van der Waals surface area contributed by atoms with Crippen molar-refractivity contribution in [2.24, 2.45) is 0 Å². The van der Waals surface area contributed by atoms with Crippen LogP contribution in [0.2, 0.25) is 0 Å². The molecule has 3 aromatic rings. The summed E-state index contributed by atoms with van der Waals surface area (Å²) in [6.45, 7) is 0. The number of rotatable bonds is 4. The number of nitrogens with one attached hydrogen (secondary N) is 1. The normalized spacial score (nSPS) is 16.8. The van der Waals surface area contributed by atoms with Crippen molar-refractivity contribution in [2.75, 3.05) is 5.75 Å². The Hall–Kier alpha value is -1.85. The summed E-state index contributed by atoms with van der Waals surface area (Å²) < 4.78 is 1.19. The molecular formula is C19H18N2OS2. The Labute approximate surface area is 149 Å². The molecule has 2 heterocycles. The van der Waals surface area contributed by atoms with Gasteiger partial charge in [-0.2, -0.15) is 0 Å². The number of hydrogen-bond acceptors (Lipinski definition) is 4. The second-order valence-corrected chi connectivity index (χ2v) is 8.12. The van der Waals surface area contributed by atoms with Gasteiger partial charge in [0, 0.05) is 23.5 Å². The number of aromatic nitrogens is 1. The molecule has 4 rings (SSSR count). The van der Waals surface area contributed by atoms with Crippen molar-refractivity contribution in [3.8, 4) is 0 Å². The molecule has 0 saturated carbocycles. The van der Waals surface area contributed by atoms with E-state index < -0.39 is 0 Å². The highest BCUT2D eigenvalue weighted by Gasteiger charge is 2.21. The standard InChI is InChI=1S/C19H18N2OS2/c22-18(9-10-19-21-15-6-2-4-8-17(15)24-19)20-14-11-12-23-16-7-3-1-5-13(14)16/h1-8,14H,9-12H2,(H,20,22)/t14-/m0/s1. The topological polar surface area (TPSA) is 42.0 Å². The fraction of sp³-hybridized carbons (Fsp3) is 0.263. The van der Waals surface area contributed by atoms with Crippen LogP contribution >= 0.6 is 23.1 Å². The monoisotopic (exact) mass is 354 g/mol. The van der Waals surface area contributed by atoms with Crippen LogP contribution in [-0.2, 0) is 11.2 Å². The van der Waals surface area contributed by atoms with Gasteiger partial charge >= 0.3 is 0 Å². The van der Waals surface area contributed by atoms with Crippen LogP contribution in [0.4, 0.5) is 0 Å². The molecule has 1 N–H and O–H groups in total. The molecule has 1 aromatic heterocycles. The smallest absolute Gasteiger partial charge is 0.220 e. The van der Waals surface area contributed by atoms with E-state index in [4.69, 9.17) is 0 Å². The summed E-state index contributed by atoms with van der Waals surface area (Å²) >= 11 is 3.55. The fourth-order valence-corrected chi connectivity index (χ4v) is 5.10. The first kappa shape index (κ1) is 15.7. The van der Waals surface area contributed by atoms with E-state index in [2.05, 4.69) is 34.6 Å². The summed E-state index contributed by atoms with van der Waals surface area (Å²) in [4.78, 5) is 18.3. The van der Waals surface area contributed by atoms with Gasteiger partial charge in [0.2, 0.25) is 5.91 Å². The summed E-state index contributed by atoms with van der Waals surface area (Å²) in [5.41, 5.74) is 2.28. The molecule has 0 saturated heterocycles. The number of benzene rings is 2. The Morgan fingerprint density at radius 2 is 2.00 bits per heavy atom. The van der Waals surface area contributed by atoms with Crippen molar-refractivity contribution in [1.82, 2.24) is 10.3 Å². The lowest BCUT2D eigenvalue weighted by molar-refractivity contribution is -0.121. The summed E-state index contributed by atoms with van der Waals surface area (Å²) in [6, 6.07) is 16.6. The maximum atomic E-state index is 12.4. The lowest BCUT2D eigenvalue weighted by Crippen LogP contribution is -2.30. The lowest BCUT2D eigenvalue weighted by Gasteiger charge is -2.25. The van der Waals surface area contributed by atoms with Gasteiger partial charge in [-0.15, -0.1) is 23.1 Å². The van der Waals surface area contributed by atoms with Crippen LogP contribution in [0.25, 0.3) is 10.2 Å². The van der Waals surface area contributed by atoms with Gasteiger partial charge in [0.05, 0.1) is 21.3 Å². The Kier molecular flexibility index (Phi) is 4.54. The average molecular weight is 355 g/mol. The van der Waals surface area contributed by atoms with E-state index in [1.165, 1.54) is 15.2 Å². The summed E-state index contributed by atoms with van der Waals surface area (Å²) in [5, 5.41) is 4.24. The fourth-order valence-electron chi connectivity index (χ4n) is 3.01. The van der Waals surface area contributed by atoms with Gasteiger partial charge in [0.1, 0.15) is 0 Å². The van der Waals surface area contributed by atoms with Gasteiger partial charge in [-0.05, 0) is 30.2 Å². The van der Waals surface area contributed by atoms with E-state index in [0.29, 0.717) is 12.8 Å². The second-order valence-electron chi connectivity index (χ2n) is 5.87. The van der Waals surface area contributed by atoms with E-state index in [-0.39, 0.29) is 11.9 Å². The van der Waals surface area contributed by atoms with Crippen LogP contribution in [0, 0.1) is 0 Å². The number of carbonyl (C=O) groups is 1. The van der Waals surface area contributed by atoms with Gasteiger partial charge in [-0.25, -0.2) is 4.98 Å². The molecule has 3 nitrogen and oxygen atoms in total. The molecule has 0 unspecified atom stereocenters. The summed E-state index contributed by atoms with van der Waals surface area (Å²) in [6.07, 6.45) is 2.19. The molecule has 1 amide bonds. The van der Waals surface area contributed by atoms with Crippen LogP contribution in [0.5, 0.6) is 0 Å². The molecule has 1 aliphatic heterocycles. The average Bonchev–Trinajstić information content (AvgIpc) is 3.03. The second kappa shape index (κ2) is 6.95. The van der Waals surface area contributed by atoms with Crippen molar-refractivity contribution in [3.63, 3.8) is 0 Å². The number of fused-ring (bicyclic) bond motifs is 2. The Morgan fingerprint density at radius 3 is 2.92 bits per heavy atom. The third-order valence-corrected chi connectivity index (χ3v) is 6.42. The molecule has 0 bridgehead atoms. The molecule has 0 aliphatic carbocycles. The van der Waals surface area contributed by atoms with Crippen LogP contribution in [0.15, 0.2) is 53.4 Å². The molecule has 0 fully saturated rings. The summed E-state index contributed by atoms with van der Waals surface area (Å²) in [7, 11) is 0. The SMILES string of the molecule is O=C(CCc1nc2ccccc2s1)N[C@H]1CCSc2ccccc21. The number of hydrogen-bond donors (Lipinski definition) is 1. The summed E-state index contributed by atoms with van der Waals surface area (Å²) in [5.74, 6) is 1.17. The number of aryl methyl sites for hydroxylation is 1. The van der Waals surface area contributed by atoms with Crippen LogP contribution in [-0.4, -0.2) is 16.6 Å². The van der Waals surface area contributed by atoms with E-state index in [1.54, 1.807) is 11.3 Å². The molecule has 2 aromatic carbocycles. The molecule has 24 heavy (non-hydrogen) atoms. The minimum atomic E-state index is 0.112. The van der Waals surface area contributed by atoms with E-state index in [0.717, 1.165) is 22.7 Å². The van der Waals surface area contributed by atoms with Crippen LogP contribution in [0.1, 0.15) is 29.5 Å². The number of amides is 1. The minimum absolute atomic E-state index is 0.112. The Bertz CT molecular complexity index is 841. The van der Waals surface area contributed by atoms with Gasteiger partial charge in [0.15, 0.2) is 0 Å². The first-order chi connectivity index (χ1) is 11.8. The molecular weight excluding hydrogens is 336 g/mol. The van der Waals surface area contributed by atoms with Crippen molar-refractivity contribution >= 4 is 39.2 Å². The Morgan fingerprint density at radius 1 is 1.17 bits per heavy atom. The minimum Gasteiger partial charge on any atom is -0.349 e. The van der Waals surface area contributed by atoms with Crippen LogP contribution < -0.4 is 5.32 Å². The zero-order valence-corrected chi connectivity index (χ0v) is 14.8. The largest absolute Gasteiger partial charge is 0.349 e. The van der Waals surface area contributed by atoms with Crippen molar-refractivity contribution in [3.05, 3.63) is 59.1 Å². The maximum Gasteiger partial charge on any atom is 0.220 e. The number of thioether (sulfide) groups is 1. The molecule has 1 aliphatic rings. The highest BCUT2D eigenvalue weighted by atomic mass is 32.2. The molecule has 0 radical (unpaired) electrons. The number of nitrogens with zero attached hydrogens (tertiary/aromatic N) is 1. The van der Waals surface area contributed by atoms with Crippen LogP contribution in [0.3, 0.4) is 0 Å². The van der Waals surface area contributed by atoms with Crippen molar-refractivity contribution in [2.45, 2.75) is 30.2 Å². The number of thiazole rings is 1. The maximum absolute atomic E-state index is 12.4.